The number of benzene rings is 2. The number of aromatic nitrogens is 5. The summed E-state index contributed by atoms with van der Waals surface area (Å²) in [5.41, 5.74) is 6.33. The normalized spacial score (nSPS) is 17.3. The number of aryl methyl sites for hydroxylation is 1. The largest absolute Gasteiger partial charge is 0.465 e. The fourth-order valence-electron chi connectivity index (χ4n) is 4.20. The zero-order valence-corrected chi connectivity index (χ0v) is 18.5. The van der Waals surface area contributed by atoms with E-state index in [4.69, 9.17) is 16.3 Å². The summed E-state index contributed by atoms with van der Waals surface area (Å²) in [6, 6.07) is 16.3. The second-order valence-electron chi connectivity index (χ2n) is 8.00. The van der Waals surface area contributed by atoms with Gasteiger partial charge in [-0.2, -0.15) is 5.10 Å². The lowest BCUT2D eigenvalue weighted by molar-refractivity contribution is 0.0599. The lowest BCUT2D eigenvalue weighted by Gasteiger charge is -2.11. The van der Waals surface area contributed by atoms with Crippen LogP contribution >= 0.6 is 11.6 Å². The van der Waals surface area contributed by atoms with E-state index in [-0.39, 0.29) is 17.8 Å². The Morgan fingerprint density at radius 2 is 1.94 bits per heavy atom. The molecule has 0 unspecified atom stereocenters. The first-order chi connectivity index (χ1) is 15.6. The molecule has 2 atom stereocenters. The number of hydrogen-bond acceptors (Lipinski definition) is 5. The molecule has 5 rings (SSSR count). The minimum atomic E-state index is -0.387. The van der Waals surface area contributed by atoms with Crippen molar-refractivity contribution >= 4 is 17.6 Å². The van der Waals surface area contributed by atoms with Gasteiger partial charge < -0.3 is 4.74 Å². The van der Waals surface area contributed by atoms with Crippen molar-refractivity contribution in [2.45, 2.75) is 24.1 Å². The van der Waals surface area contributed by atoms with Crippen LogP contribution in [0.3, 0.4) is 0 Å². The van der Waals surface area contributed by atoms with Gasteiger partial charge in [-0.25, -0.2) is 9.48 Å². The summed E-state index contributed by atoms with van der Waals surface area (Å²) < 4.78 is 8.58. The molecule has 0 bridgehead atoms. The standard InChI is InChI=1S/C24H22ClN5O2/c1-29-14-22(27-28-29)19-11-20(19)23-21(24(31)32-2)13-26-30(23)18-8-4-7-17(10-18)16-6-3-5-15(9-16)12-25/h3-10,13-14,19-20H,11-12H2,1-2H3/t19-,20-/m1/s1. The van der Waals surface area contributed by atoms with Crippen molar-refractivity contribution in [3.8, 4) is 16.8 Å². The third-order valence-electron chi connectivity index (χ3n) is 5.86. The summed E-state index contributed by atoms with van der Waals surface area (Å²) in [5.74, 6) is 0.393. The topological polar surface area (TPSA) is 74.8 Å². The molecule has 2 aromatic heterocycles. The van der Waals surface area contributed by atoms with Crippen LogP contribution < -0.4 is 0 Å². The van der Waals surface area contributed by atoms with E-state index in [1.807, 2.05) is 42.2 Å². The van der Waals surface area contributed by atoms with Gasteiger partial charge in [-0.05, 0) is 41.3 Å². The summed E-state index contributed by atoms with van der Waals surface area (Å²) in [4.78, 5) is 12.5. The van der Waals surface area contributed by atoms with Gasteiger partial charge in [0.15, 0.2) is 0 Å². The molecule has 0 N–H and O–H groups in total. The molecule has 1 aliphatic rings. The quantitative estimate of drug-likeness (QED) is 0.322. The zero-order chi connectivity index (χ0) is 22.2. The van der Waals surface area contributed by atoms with Crippen molar-refractivity contribution in [1.82, 2.24) is 24.8 Å². The van der Waals surface area contributed by atoms with Gasteiger partial charge in [-0.15, -0.1) is 16.7 Å². The molecule has 7 nitrogen and oxygen atoms in total. The first-order valence-corrected chi connectivity index (χ1v) is 10.9. The Balaban J connectivity index is 1.56. The molecule has 0 spiro atoms. The number of carbonyl (C=O) groups excluding carboxylic acids is 1. The maximum atomic E-state index is 12.5. The second kappa shape index (κ2) is 8.24. The molecule has 2 aromatic carbocycles. The molecule has 1 saturated carbocycles. The van der Waals surface area contributed by atoms with Gasteiger partial charge >= 0.3 is 5.97 Å². The van der Waals surface area contributed by atoms with Crippen LogP contribution in [0.15, 0.2) is 60.9 Å². The van der Waals surface area contributed by atoms with Crippen LogP contribution in [-0.4, -0.2) is 37.9 Å². The average Bonchev–Trinajstić information content (AvgIpc) is 3.28. The van der Waals surface area contributed by atoms with Crippen LogP contribution in [0, 0.1) is 0 Å². The molecule has 1 aliphatic carbocycles. The van der Waals surface area contributed by atoms with Crippen LogP contribution in [-0.2, 0) is 17.7 Å². The first-order valence-electron chi connectivity index (χ1n) is 10.4. The molecular weight excluding hydrogens is 426 g/mol. The molecule has 0 radical (unpaired) electrons. The number of rotatable bonds is 6. The van der Waals surface area contributed by atoms with Crippen LogP contribution in [0.25, 0.3) is 16.8 Å². The van der Waals surface area contributed by atoms with E-state index in [2.05, 4.69) is 39.7 Å². The van der Waals surface area contributed by atoms with Crippen molar-refractivity contribution in [2.75, 3.05) is 7.11 Å². The van der Waals surface area contributed by atoms with Gasteiger partial charge in [0.05, 0.1) is 30.4 Å². The maximum absolute atomic E-state index is 12.5. The highest BCUT2D eigenvalue weighted by molar-refractivity contribution is 6.17. The molecule has 162 valence electrons. The highest BCUT2D eigenvalue weighted by Gasteiger charge is 2.46. The Morgan fingerprint density at radius 3 is 2.66 bits per heavy atom. The van der Waals surface area contributed by atoms with Gasteiger partial charge in [0.25, 0.3) is 0 Å². The number of esters is 1. The Morgan fingerprint density at radius 1 is 1.16 bits per heavy atom. The molecule has 0 aliphatic heterocycles. The number of methoxy groups -OCH3 is 1. The van der Waals surface area contributed by atoms with Crippen LogP contribution in [0.2, 0.25) is 0 Å². The second-order valence-corrected chi connectivity index (χ2v) is 8.26. The van der Waals surface area contributed by atoms with E-state index in [0.717, 1.165) is 40.2 Å². The molecule has 0 saturated heterocycles. The Hall–Kier alpha value is -3.45. The van der Waals surface area contributed by atoms with Gasteiger partial charge in [0, 0.05) is 31.0 Å². The number of nitrogens with zero attached hydrogens (tertiary/aromatic N) is 5. The molecular formula is C24H22ClN5O2. The smallest absolute Gasteiger partial charge is 0.341 e. The van der Waals surface area contributed by atoms with Crippen molar-refractivity contribution in [2.24, 2.45) is 7.05 Å². The molecule has 1 fully saturated rings. The third kappa shape index (κ3) is 3.69. The molecule has 2 heterocycles. The summed E-state index contributed by atoms with van der Waals surface area (Å²) in [7, 11) is 3.24. The van der Waals surface area contributed by atoms with Crippen LogP contribution in [0.4, 0.5) is 0 Å². The summed E-state index contributed by atoms with van der Waals surface area (Å²) in [5, 5.41) is 12.9. The van der Waals surface area contributed by atoms with E-state index in [1.165, 1.54) is 7.11 Å². The minimum Gasteiger partial charge on any atom is -0.465 e. The van der Waals surface area contributed by atoms with Gasteiger partial charge in [0.1, 0.15) is 5.56 Å². The fourth-order valence-corrected chi connectivity index (χ4v) is 4.36. The zero-order valence-electron chi connectivity index (χ0n) is 17.8. The lowest BCUT2D eigenvalue weighted by atomic mass is 10.0. The number of hydrogen-bond donors (Lipinski definition) is 0. The Labute approximate surface area is 190 Å². The minimum absolute atomic E-state index is 0.117. The highest BCUT2D eigenvalue weighted by Crippen LogP contribution is 2.55. The van der Waals surface area contributed by atoms with E-state index in [9.17, 15) is 4.79 Å². The summed E-state index contributed by atoms with van der Waals surface area (Å²) >= 11 is 6.02. The van der Waals surface area contributed by atoms with Gasteiger partial charge in [0.2, 0.25) is 0 Å². The predicted octanol–water partition coefficient (Wildman–Crippen LogP) is 4.46. The monoisotopic (exact) mass is 447 g/mol. The van der Waals surface area contributed by atoms with Crippen LogP contribution in [0.5, 0.6) is 0 Å². The van der Waals surface area contributed by atoms with Crippen molar-refractivity contribution < 1.29 is 9.53 Å². The van der Waals surface area contributed by atoms with Crippen LogP contribution in [0.1, 0.15) is 45.6 Å². The van der Waals surface area contributed by atoms with Gasteiger partial charge in [-0.1, -0.05) is 35.5 Å². The van der Waals surface area contributed by atoms with Crippen molar-refractivity contribution in [1.29, 1.82) is 0 Å². The SMILES string of the molecule is COC(=O)c1cnn(-c2cccc(-c3cccc(CCl)c3)c2)c1[C@@H]1C[C@H]1c1cn(C)nn1. The third-order valence-corrected chi connectivity index (χ3v) is 6.17. The van der Waals surface area contributed by atoms with E-state index in [1.54, 1.807) is 10.9 Å². The predicted molar refractivity (Wildman–Crippen MR) is 121 cm³/mol. The van der Waals surface area contributed by atoms with E-state index < -0.39 is 0 Å². The van der Waals surface area contributed by atoms with E-state index >= 15 is 0 Å². The summed E-state index contributed by atoms with van der Waals surface area (Å²) in [6.45, 7) is 0. The molecule has 4 aromatic rings. The number of carbonyl (C=O) groups is 1. The summed E-state index contributed by atoms with van der Waals surface area (Å²) in [6.07, 6.45) is 4.40. The Kier molecular flexibility index (Phi) is 5.27. The van der Waals surface area contributed by atoms with Gasteiger partial charge in [-0.3, -0.25) is 4.68 Å². The lowest BCUT2D eigenvalue weighted by Crippen LogP contribution is -2.08. The molecule has 32 heavy (non-hydrogen) atoms. The maximum Gasteiger partial charge on any atom is 0.341 e. The Bertz CT molecular complexity index is 1300. The highest BCUT2D eigenvalue weighted by atomic mass is 35.5. The number of halogens is 1. The number of ether oxygens (including phenoxy) is 1. The van der Waals surface area contributed by atoms with Crippen molar-refractivity contribution in [3.05, 3.63) is 83.4 Å². The average molecular weight is 448 g/mol. The van der Waals surface area contributed by atoms with E-state index in [0.29, 0.717) is 11.4 Å². The molecule has 8 heteroatoms. The van der Waals surface area contributed by atoms with Crippen molar-refractivity contribution in [3.63, 3.8) is 0 Å². The molecule has 0 amide bonds. The number of alkyl halides is 1. The fraction of sp³-hybridized carbons (Fsp3) is 0.250. The first kappa shape index (κ1) is 20.5.